The van der Waals surface area contributed by atoms with Gasteiger partial charge in [0.25, 0.3) is 0 Å². The number of β-amino-alcohol motifs (C(OH)–C–C–N with tert-alkyl or cyclic N) is 1. The Labute approximate surface area is 227 Å². The van der Waals surface area contributed by atoms with Crippen LogP contribution in [0.2, 0.25) is 0 Å². The standard InChI is InChI=1S/C30H35F2N3O4/c1-19-7-6-8-27(33-19)28(2,3)13-21(36)14-30(17-35(18-30)16-29(4,5)38)15-25(37)24-12-26(39-34-24)22-10-9-20(31)11-23(22)32/h6-12,38H,13-18H2,1-5H3. The number of hydrogen-bond acceptors (Lipinski definition) is 7. The van der Waals surface area contributed by atoms with Crippen LogP contribution in [0, 0.1) is 24.0 Å². The van der Waals surface area contributed by atoms with Crippen molar-refractivity contribution in [2.24, 2.45) is 5.41 Å². The molecule has 0 saturated carbocycles. The Bertz CT molecular complexity index is 1370. The van der Waals surface area contributed by atoms with Gasteiger partial charge in [-0.05, 0) is 45.0 Å². The lowest BCUT2D eigenvalue weighted by molar-refractivity contribution is -0.127. The van der Waals surface area contributed by atoms with E-state index in [1.165, 1.54) is 12.1 Å². The first-order chi connectivity index (χ1) is 18.1. The number of nitrogens with zero attached hydrogens (tertiary/aromatic N) is 3. The Kier molecular flexibility index (Phi) is 7.87. The number of ketones is 2. The molecular formula is C30H35F2N3O4. The predicted molar refractivity (Wildman–Crippen MR) is 142 cm³/mol. The van der Waals surface area contributed by atoms with Crippen LogP contribution in [0.3, 0.4) is 0 Å². The van der Waals surface area contributed by atoms with Crippen LogP contribution in [-0.4, -0.2) is 56.9 Å². The molecule has 1 saturated heterocycles. The molecule has 1 N–H and O–H groups in total. The third-order valence-corrected chi connectivity index (χ3v) is 7.05. The Balaban J connectivity index is 1.50. The van der Waals surface area contributed by atoms with Crippen molar-refractivity contribution in [2.45, 2.75) is 64.9 Å². The van der Waals surface area contributed by atoms with Crippen molar-refractivity contribution in [3.8, 4) is 11.3 Å². The van der Waals surface area contributed by atoms with Gasteiger partial charge in [0, 0.05) is 73.2 Å². The summed E-state index contributed by atoms with van der Waals surface area (Å²) in [6, 6.07) is 10.2. The highest BCUT2D eigenvalue weighted by Crippen LogP contribution is 2.41. The topological polar surface area (TPSA) is 96.5 Å². The summed E-state index contributed by atoms with van der Waals surface area (Å²) in [5.74, 6) is -1.83. The van der Waals surface area contributed by atoms with E-state index in [-0.39, 0.29) is 47.8 Å². The molecule has 9 heteroatoms. The van der Waals surface area contributed by atoms with Crippen LogP contribution >= 0.6 is 0 Å². The van der Waals surface area contributed by atoms with Crippen molar-refractivity contribution in [2.75, 3.05) is 19.6 Å². The average molecular weight is 540 g/mol. The molecular weight excluding hydrogens is 504 g/mol. The zero-order chi connectivity index (χ0) is 28.6. The first-order valence-corrected chi connectivity index (χ1v) is 13.0. The number of hydrogen-bond donors (Lipinski definition) is 1. The molecule has 0 amide bonds. The van der Waals surface area contributed by atoms with E-state index in [9.17, 15) is 23.5 Å². The van der Waals surface area contributed by atoms with E-state index in [0.717, 1.165) is 23.5 Å². The van der Waals surface area contributed by atoms with Crippen LogP contribution in [0.15, 0.2) is 47.0 Å². The molecule has 7 nitrogen and oxygen atoms in total. The van der Waals surface area contributed by atoms with E-state index in [2.05, 4.69) is 10.1 Å². The number of aryl methyl sites for hydroxylation is 1. The van der Waals surface area contributed by atoms with Crippen molar-refractivity contribution in [3.05, 3.63) is 71.2 Å². The van der Waals surface area contributed by atoms with Crippen molar-refractivity contribution in [3.63, 3.8) is 0 Å². The Morgan fingerprint density at radius 1 is 1.08 bits per heavy atom. The summed E-state index contributed by atoms with van der Waals surface area (Å²) >= 11 is 0. The average Bonchev–Trinajstić information content (AvgIpc) is 3.26. The fourth-order valence-electron chi connectivity index (χ4n) is 5.49. The molecule has 0 spiro atoms. The largest absolute Gasteiger partial charge is 0.389 e. The van der Waals surface area contributed by atoms with E-state index < -0.39 is 28.1 Å². The third-order valence-electron chi connectivity index (χ3n) is 7.05. The molecule has 0 unspecified atom stereocenters. The number of halogens is 2. The van der Waals surface area contributed by atoms with Gasteiger partial charge in [-0.1, -0.05) is 25.1 Å². The van der Waals surface area contributed by atoms with E-state index in [1.807, 2.05) is 43.9 Å². The molecule has 1 aliphatic rings. The minimum Gasteiger partial charge on any atom is -0.389 e. The third kappa shape index (κ3) is 7.02. The minimum absolute atomic E-state index is 0.000160. The van der Waals surface area contributed by atoms with Crippen molar-refractivity contribution < 1.29 is 28.0 Å². The number of pyridine rings is 1. The van der Waals surface area contributed by atoms with E-state index in [0.29, 0.717) is 19.6 Å². The number of benzene rings is 1. The second-order valence-electron chi connectivity index (χ2n) is 12.2. The number of carbonyl (C=O) groups is 2. The maximum absolute atomic E-state index is 14.2. The van der Waals surface area contributed by atoms with Crippen LogP contribution in [0.25, 0.3) is 11.3 Å². The molecule has 4 rings (SSSR count). The lowest BCUT2D eigenvalue weighted by Gasteiger charge is -2.51. The Morgan fingerprint density at radius 3 is 2.44 bits per heavy atom. The number of aliphatic hydroxyl groups is 1. The van der Waals surface area contributed by atoms with Gasteiger partial charge < -0.3 is 9.63 Å². The van der Waals surface area contributed by atoms with Gasteiger partial charge >= 0.3 is 0 Å². The first kappa shape index (κ1) is 28.7. The molecule has 39 heavy (non-hydrogen) atoms. The quantitative estimate of drug-likeness (QED) is 0.331. The summed E-state index contributed by atoms with van der Waals surface area (Å²) in [5.41, 5.74) is -0.295. The fourth-order valence-corrected chi connectivity index (χ4v) is 5.49. The lowest BCUT2D eigenvalue weighted by atomic mass is 9.69. The summed E-state index contributed by atoms with van der Waals surface area (Å²) in [4.78, 5) is 33.3. The van der Waals surface area contributed by atoms with Crippen LogP contribution in [-0.2, 0) is 10.2 Å². The fraction of sp³-hybridized carbons (Fsp3) is 0.467. The molecule has 3 heterocycles. The van der Waals surface area contributed by atoms with E-state index >= 15 is 0 Å². The van der Waals surface area contributed by atoms with Gasteiger partial charge in [-0.25, -0.2) is 8.78 Å². The predicted octanol–water partition coefficient (Wildman–Crippen LogP) is 5.30. The van der Waals surface area contributed by atoms with Gasteiger partial charge in [0.15, 0.2) is 11.5 Å². The SMILES string of the molecule is Cc1cccc(C(C)(C)CC(=O)CC2(CC(=O)c3cc(-c4ccc(F)cc4F)on3)CN(CC(C)(C)O)C2)n1. The number of Topliss-reactive ketones (excluding diaryl/α,β-unsaturated/α-hetero) is 2. The van der Waals surface area contributed by atoms with E-state index in [4.69, 9.17) is 4.52 Å². The maximum atomic E-state index is 14.2. The van der Waals surface area contributed by atoms with Gasteiger partial charge in [0.05, 0.1) is 11.2 Å². The molecule has 0 radical (unpaired) electrons. The van der Waals surface area contributed by atoms with Gasteiger partial charge in [-0.15, -0.1) is 0 Å². The highest BCUT2D eigenvalue weighted by Gasteiger charge is 2.47. The molecule has 208 valence electrons. The first-order valence-electron chi connectivity index (χ1n) is 13.0. The monoisotopic (exact) mass is 539 g/mol. The van der Waals surface area contributed by atoms with Crippen molar-refractivity contribution >= 4 is 11.6 Å². The molecule has 0 aliphatic carbocycles. The number of carbonyl (C=O) groups excluding carboxylic acids is 2. The molecule has 3 aromatic rings. The van der Waals surface area contributed by atoms with Gasteiger partial charge in [-0.3, -0.25) is 19.5 Å². The summed E-state index contributed by atoms with van der Waals surface area (Å²) in [5, 5.41) is 14.1. The van der Waals surface area contributed by atoms with Gasteiger partial charge in [0.1, 0.15) is 23.1 Å². The minimum atomic E-state index is -0.917. The Morgan fingerprint density at radius 2 is 1.79 bits per heavy atom. The summed E-state index contributed by atoms with van der Waals surface area (Å²) in [7, 11) is 0. The smallest absolute Gasteiger partial charge is 0.185 e. The van der Waals surface area contributed by atoms with Crippen LogP contribution in [0.5, 0.6) is 0 Å². The summed E-state index contributed by atoms with van der Waals surface area (Å²) in [6.45, 7) is 10.7. The molecule has 2 aromatic heterocycles. The van der Waals surface area contributed by atoms with Gasteiger partial charge in [-0.2, -0.15) is 0 Å². The zero-order valence-corrected chi connectivity index (χ0v) is 23.1. The molecule has 1 aliphatic heterocycles. The summed E-state index contributed by atoms with van der Waals surface area (Å²) in [6.07, 6.45) is 0.499. The van der Waals surface area contributed by atoms with Crippen LogP contribution in [0.1, 0.15) is 68.8 Å². The molecule has 1 aromatic carbocycles. The number of aromatic nitrogens is 2. The van der Waals surface area contributed by atoms with Gasteiger partial charge in [0.2, 0.25) is 0 Å². The number of likely N-dealkylation sites (tertiary alicyclic amines) is 1. The Hall–Kier alpha value is -3.30. The highest BCUT2D eigenvalue weighted by atomic mass is 19.1. The second kappa shape index (κ2) is 10.7. The number of rotatable bonds is 11. The normalized spacial score (nSPS) is 15.7. The molecule has 0 atom stereocenters. The van der Waals surface area contributed by atoms with Crippen LogP contribution < -0.4 is 0 Å². The molecule has 0 bridgehead atoms. The highest BCUT2D eigenvalue weighted by molar-refractivity contribution is 5.96. The van der Waals surface area contributed by atoms with Crippen molar-refractivity contribution in [1.82, 2.24) is 15.0 Å². The maximum Gasteiger partial charge on any atom is 0.185 e. The van der Waals surface area contributed by atoms with Crippen LogP contribution in [0.4, 0.5) is 8.78 Å². The lowest BCUT2D eigenvalue weighted by Crippen LogP contribution is -2.60. The molecule has 1 fully saturated rings. The van der Waals surface area contributed by atoms with Crippen molar-refractivity contribution in [1.29, 1.82) is 0 Å². The summed E-state index contributed by atoms with van der Waals surface area (Å²) < 4.78 is 32.7. The van der Waals surface area contributed by atoms with E-state index in [1.54, 1.807) is 13.8 Å². The zero-order valence-electron chi connectivity index (χ0n) is 23.1. The second-order valence-corrected chi connectivity index (χ2v) is 12.2.